The number of aliphatic imine (C=N–C) groups is 2. The average Bonchev–Trinajstić information content (AvgIpc) is 4.25. The first-order valence-electron chi connectivity index (χ1n) is 25.8. The number of nitrogens with zero attached hydrogens (tertiary/aromatic N) is 4. The highest BCUT2D eigenvalue weighted by atomic mass is 32.1. The quantitative estimate of drug-likeness (QED) is 0.169. The molecule has 15 aromatic rings. The van der Waals surface area contributed by atoms with Crippen LogP contribution < -0.4 is 0 Å². The highest BCUT2D eigenvalue weighted by molar-refractivity contribution is 7.26. The van der Waals surface area contributed by atoms with E-state index in [0.717, 1.165) is 88.9 Å². The first-order chi connectivity index (χ1) is 37.1. The molecule has 0 radical (unpaired) electrons. The topological polar surface area (TPSA) is 47.7 Å². The fourth-order valence-corrected chi connectivity index (χ4v) is 13.7. The number of fused-ring (bicyclic) bond motifs is 15. The van der Waals surface area contributed by atoms with Crippen molar-refractivity contribution in [2.75, 3.05) is 0 Å². The summed E-state index contributed by atoms with van der Waals surface area (Å²) in [6.07, 6.45) is 3.09. The summed E-state index contributed by atoms with van der Waals surface area (Å²) in [6, 6.07) is 81.2. The van der Waals surface area contributed by atoms with Gasteiger partial charge in [-0.3, -0.25) is 0 Å². The van der Waals surface area contributed by atoms with Crippen molar-refractivity contribution in [2.45, 2.75) is 13.3 Å². The smallest absolute Gasteiger partial charge is 0.163 e. The van der Waals surface area contributed by atoms with Gasteiger partial charge in [-0.15, -0.1) is 11.3 Å². The molecule has 6 heteroatoms. The van der Waals surface area contributed by atoms with Gasteiger partial charge < -0.3 is 13.6 Å². The number of amidine groups is 1. The zero-order valence-electron chi connectivity index (χ0n) is 40.8. The molecular weight excluding hydrogens is 933 g/mol. The van der Waals surface area contributed by atoms with Crippen molar-refractivity contribution in [3.8, 4) is 11.4 Å². The van der Waals surface area contributed by atoms with Crippen LogP contribution in [0, 0.1) is 5.92 Å². The van der Waals surface area contributed by atoms with E-state index in [-0.39, 0.29) is 5.92 Å². The Kier molecular flexibility index (Phi) is 9.18. The number of rotatable bonds is 5. The Bertz CT molecular complexity index is 5000. The van der Waals surface area contributed by atoms with E-state index in [1.807, 2.05) is 17.4 Å². The third kappa shape index (κ3) is 6.24. The predicted molar refractivity (Wildman–Crippen MR) is 318 cm³/mol. The number of furan rings is 1. The molecule has 5 heterocycles. The molecule has 0 aliphatic carbocycles. The van der Waals surface area contributed by atoms with E-state index in [4.69, 9.17) is 14.4 Å². The molecule has 0 bridgehead atoms. The normalized spacial score (nSPS) is 16.6. The van der Waals surface area contributed by atoms with Crippen molar-refractivity contribution in [1.82, 2.24) is 9.13 Å². The van der Waals surface area contributed by atoms with Crippen LogP contribution in [0.3, 0.4) is 0 Å². The summed E-state index contributed by atoms with van der Waals surface area (Å²) in [4.78, 5) is 12.0. The van der Waals surface area contributed by atoms with E-state index in [1.165, 1.54) is 57.9 Å². The van der Waals surface area contributed by atoms with Crippen LogP contribution in [0.4, 0.5) is 0 Å². The lowest BCUT2D eigenvalue weighted by atomic mass is 9.90. The van der Waals surface area contributed by atoms with E-state index >= 15 is 0 Å². The third-order valence-electron chi connectivity index (χ3n) is 15.7. The summed E-state index contributed by atoms with van der Waals surface area (Å²) in [5, 5.41) is 14.1. The van der Waals surface area contributed by atoms with Gasteiger partial charge in [0.25, 0.3) is 0 Å². The Labute approximate surface area is 434 Å². The molecule has 11 aromatic carbocycles. The van der Waals surface area contributed by atoms with Crippen LogP contribution in [-0.2, 0) is 0 Å². The van der Waals surface area contributed by atoms with Crippen LogP contribution in [0.2, 0.25) is 0 Å². The van der Waals surface area contributed by atoms with Crippen LogP contribution >= 0.6 is 11.3 Å². The van der Waals surface area contributed by atoms with Crippen molar-refractivity contribution < 1.29 is 4.42 Å². The van der Waals surface area contributed by atoms with Crippen molar-refractivity contribution in [2.24, 2.45) is 15.9 Å². The minimum atomic E-state index is -0.0340. The maximum atomic E-state index is 6.91. The Morgan fingerprint density at radius 3 is 1.91 bits per heavy atom. The Morgan fingerprint density at radius 1 is 0.480 bits per heavy atom. The summed E-state index contributed by atoms with van der Waals surface area (Å²) in [7, 11) is 0. The SMILES string of the molecule is CC1C/C=C(c2c(-n3c4ccccc4c4cc5ccccc5cc43)c3c4ccccc4sc3c3ccccc23)/N=C(c2cccc3c2oc2ccccc23)\N=C/1c1cccc2c3ccccc3n(-c3ccccc3)c12. The molecule has 1 atom stereocenters. The number of thiophene rings is 1. The summed E-state index contributed by atoms with van der Waals surface area (Å²) < 4.78 is 14.4. The average molecular weight is 977 g/mol. The first kappa shape index (κ1) is 42.2. The number of hydrogen-bond donors (Lipinski definition) is 0. The van der Waals surface area contributed by atoms with E-state index in [0.29, 0.717) is 12.3 Å². The number of hydrogen-bond acceptors (Lipinski definition) is 4. The predicted octanol–water partition coefficient (Wildman–Crippen LogP) is 18.8. The highest BCUT2D eigenvalue weighted by Crippen LogP contribution is 2.50. The summed E-state index contributed by atoms with van der Waals surface area (Å²) >= 11 is 1.87. The zero-order valence-corrected chi connectivity index (χ0v) is 41.6. The van der Waals surface area contributed by atoms with E-state index in [1.54, 1.807) is 0 Å². The lowest BCUT2D eigenvalue weighted by molar-refractivity contribution is 0.668. The number of allylic oxidation sites excluding steroid dienone is 1. The molecule has 0 amide bonds. The molecule has 4 aromatic heterocycles. The van der Waals surface area contributed by atoms with Gasteiger partial charge in [-0.2, -0.15) is 0 Å². The monoisotopic (exact) mass is 976 g/mol. The molecule has 0 fully saturated rings. The van der Waals surface area contributed by atoms with Crippen LogP contribution in [0.25, 0.3) is 124 Å². The van der Waals surface area contributed by atoms with E-state index < -0.39 is 0 Å². The summed E-state index contributed by atoms with van der Waals surface area (Å²) in [5.74, 6) is 0.568. The fourth-order valence-electron chi connectivity index (χ4n) is 12.4. The Morgan fingerprint density at radius 2 is 1.09 bits per heavy atom. The minimum Gasteiger partial charge on any atom is -0.455 e. The molecule has 0 spiro atoms. The molecule has 75 heavy (non-hydrogen) atoms. The highest BCUT2D eigenvalue weighted by Gasteiger charge is 2.29. The molecule has 1 aliphatic rings. The van der Waals surface area contributed by atoms with Crippen LogP contribution in [-0.4, -0.2) is 20.7 Å². The largest absolute Gasteiger partial charge is 0.455 e. The number of benzene rings is 11. The molecule has 1 unspecified atom stereocenters. The number of aromatic nitrogens is 2. The van der Waals surface area contributed by atoms with Gasteiger partial charge in [0, 0.05) is 80.6 Å². The van der Waals surface area contributed by atoms with E-state index in [9.17, 15) is 0 Å². The van der Waals surface area contributed by atoms with Gasteiger partial charge in [0.15, 0.2) is 5.84 Å². The zero-order chi connectivity index (χ0) is 49.3. The van der Waals surface area contributed by atoms with Gasteiger partial charge in [-0.25, -0.2) is 9.98 Å². The van der Waals surface area contributed by atoms with Gasteiger partial charge in [0.2, 0.25) is 0 Å². The maximum absolute atomic E-state index is 6.91. The van der Waals surface area contributed by atoms with Gasteiger partial charge in [-0.05, 0) is 77.2 Å². The second-order valence-electron chi connectivity index (χ2n) is 20.0. The minimum absolute atomic E-state index is 0.0340. The van der Waals surface area contributed by atoms with Gasteiger partial charge in [0.05, 0.1) is 44.7 Å². The molecule has 5 nitrogen and oxygen atoms in total. The molecular formula is C69H44N4OS. The second-order valence-corrected chi connectivity index (χ2v) is 21.0. The standard InChI is InChI=1S/C69H44N4OS/c1-41-37-38-56(62-48-26-7-8-27-51(48)68-63(52-28-12-16-36-61(52)75-68)66(62)73-58-34-14-10-24-46(58)55-39-42-19-5-6-20-43(42)40-59(55)73)70-69(54-32-18-30-50-47-25-11-15-35-60(47)74-67(50)54)71-64(41)53-31-17-29-49-45-23-9-13-33-57(45)72(65(49)53)44-21-3-2-4-22-44/h2-36,38-41H,37H2,1H3/b56-38+,70-69-,71-64+. The fraction of sp³-hybridized carbons (Fsp3) is 0.0435. The third-order valence-corrected chi connectivity index (χ3v) is 16.9. The summed E-state index contributed by atoms with van der Waals surface area (Å²) in [5.41, 5.74) is 13.2. The van der Waals surface area contributed by atoms with E-state index in [2.05, 4.69) is 241 Å². The van der Waals surface area contributed by atoms with Crippen molar-refractivity contribution in [3.63, 3.8) is 0 Å². The van der Waals surface area contributed by atoms with Crippen LogP contribution in [0.15, 0.2) is 245 Å². The van der Waals surface area contributed by atoms with Crippen molar-refractivity contribution in [1.29, 1.82) is 0 Å². The first-order valence-corrected chi connectivity index (χ1v) is 26.6. The van der Waals surface area contributed by atoms with Gasteiger partial charge >= 0.3 is 0 Å². The molecule has 0 N–H and O–H groups in total. The van der Waals surface area contributed by atoms with Crippen LogP contribution in [0.5, 0.6) is 0 Å². The molecule has 16 rings (SSSR count). The Balaban J connectivity index is 1.05. The molecule has 0 saturated heterocycles. The van der Waals surface area contributed by atoms with Crippen molar-refractivity contribution in [3.05, 3.63) is 247 Å². The molecule has 1 aliphatic heterocycles. The number of para-hydroxylation sites is 6. The van der Waals surface area contributed by atoms with Crippen LogP contribution in [0.1, 0.15) is 30.0 Å². The lowest BCUT2D eigenvalue weighted by Gasteiger charge is -2.23. The van der Waals surface area contributed by atoms with Gasteiger partial charge in [0.1, 0.15) is 11.2 Å². The molecule has 352 valence electrons. The maximum Gasteiger partial charge on any atom is 0.163 e. The molecule has 0 saturated carbocycles. The summed E-state index contributed by atoms with van der Waals surface area (Å²) in [6.45, 7) is 2.33. The van der Waals surface area contributed by atoms with Crippen molar-refractivity contribution >= 4 is 136 Å². The van der Waals surface area contributed by atoms with Gasteiger partial charge in [-0.1, -0.05) is 183 Å². The lowest BCUT2D eigenvalue weighted by Crippen LogP contribution is -2.18. The Hall–Kier alpha value is -9.36. The second kappa shape index (κ2) is 16.3.